The van der Waals surface area contributed by atoms with E-state index in [1.54, 1.807) is 41.3 Å². The SMILES string of the molecule is CCCOc1ccc(C(=O)N(Cc2cccc(F)c2)[C@H]2CCS(=O)(=O)C2)cc1. The van der Waals surface area contributed by atoms with Crippen molar-refractivity contribution < 1.29 is 22.3 Å². The van der Waals surface area contributed by atoms with Crippen molar-refractivity contribution in [1.29, 1.82) is 0 Å². The summed E-state index contributed by atoms with van der Waals surface area (Å²) in [5.41, 5.74) is 1.07. The summed E-state index contributed by atoms with van der Waals surface area (Å²) in [5, 5.41) is 0. The van der Waals surface area contributed by atoms with Gasteiger partial charge in [-0.25, -0.2) is 12.8 Å². The minimum Gasteiger partial charge on any atom is -0.494 e. The third-order valence-electron chi connectivity index (χ3n) is 4.73. The normalized spacial score (nSPS) is 18.0. The standard InChI is InChI=1S/C21H24FNO4S/c1-2-11-27-20-8-6-17(7-9-20)21(24)23(19-10-12-28(25,26)15-19)14-16-4-3-5-18(22)13-16/h3-9,13,19H,2,10-12,14-15H2,1H3/t19-/m0/s1. The Balaban J connectivity index is 1.84. The van der Waals surface area contributed by atoms with Crippen LogP contribution >= 0.6 is 0 Å². The van der Waals surface area contributed by atoms with Gasteiger partial charge in [-0.2, -0.15) is 0 Å². The molecule has 0 bridgehead atoms. The zero-order chi connectivity index (χ0) is 20.1. The molecule has 150 valence electrons. The van der Waals surface area contributed by atoms with Crippen LogP contribution < -0.4 is 4.74 Å². The Kier molecular flexibility index (Phi) is 6.34. The van der Waals surface area contributed by atoms with E-state index in [2.05, 4.69) is 0 Å². The molecule has 0 aliphatic carbocycles. The summed E-state index contributed by atoms with van der Waals surface area (Å²) in [6.45, 7) is 2.77. The molecule has 0 N–H and O–H groups in total. The molecule has 5 nitrogen and oxygen atoms in total. The van der Waals surface area contributed by atoms with Crippen molar-refractivity contribution in [2.75, 3.05) is 18.1 Å². The van der Waals surface area contributed by atoms with Gasteiger partial charge in [-0.1, -0.05) is 19.1 Å². The lowest BCUT2D eigenvalue weighted by Crippen LogP contribution is -2.40. The number of benzene rings is 2. The summed E-state index contributed by atoms with van der Waals surface area (Å²) in [4.78, 5) is 14.7. The second kappa shape index (κ2) is 8.73. The molecule has 0 radical (unpaired) electrons. The van der Waals surface area contributed by atoms with Gasteiger partial charge in [0, 0.05) is 18.2 Å². The molecule has 1 atom stereocenters. The molecule has 7 heteroatoms. The van der Waals surface area contributed by atoms with Crippen molar-refractivity contribution in [3.05, 3.63) is 65.5 Å². The summed E-state index contributed by atoms with van der Waals surface area (Å²) < 4.78 is 43.0. The highest BCUT2D eigenvalue weighted by Crippen LogP contribution is 2.23. The number of hydrogen-bond donors (Lipinski definition) is 0. The lowest BCUT2D eigenvalue weighted by Gasteiger charge is -2.28. The second-order valence-corrected chi connectivity index (χ2v) is 9.22. The first-order chi connectivity index (χ1) is 13.4. The molecule has 0 saturated carbocycles. The smallest absolute Gasteiger partial charge is 0.254 e. The molecule has 28 heavy (non-hydrogen) atoms. The zero-order valence-electron chi connectivity index (χ0n) is 15.8. The minimum absolute atomic E-state index is 0.0637. The molecule has 2 aromatic rings. The van der Waals surface area contributed by atoms with Crippen LogP contribution in [0.15, 0.2) is 48.5 Å². The number of hydrogen-bond acceptors (Lipinski definition) is 4. The maximum Gasteiger partial charge on any atom is 0.254 e. The maximum absolute atomic E-state index is 13.6. The molecule has 0 unspecified atom stereocenters. The Morgan fingerprint density at radius 2 is 1.96 bits per heavy atom. The summed E-state index contributed by atoms with van der Waals surface area (Å²) >= 11 is 0. The summed E-state index contributed by atoms with van der Waals surface area (Å²) in [6, 6.07) is 12.4. The molecule has 1 heterocycles. The Morgan fingerprint density at radius 1 is 1.21 bits per heavy atom. The molecule has 0 spiro atoms. The molecule has 1 fully saturated rings. The fraction of sp³-hybridized carbons (Fsp3) is 0.381. The van der Waals surface area contributed by atoms with Gasteiger partial charge < -0.3 is 9.64 Å². The molecule has 1 amide bonds. The van der Waals surface area contributed by atoms with Crippen molar-refractivity contribution in [2.24, 2.45) is 0 Å². The van der Waals surface area contributed by atoms with E-state index >= 15 is 0 Å². The topological polar surface area (TPSA) is 63.7 Å². The first-order valence-electron chi connectivity index (χ1n) is 9.36. The van der Waals surface area contributed by atoms with Gasteiger partial charge in [-0.05, 0) is 54.8 Å². The van der Waals surface area contributed by atoms with Crippen molar-refractivity contribution in [3.8, 4) is 5.75 Å². The lowest BCUT2D eigenvalue weighted by molar-refractivity contribution is 0.0680. The van der Waals surface area contributed by atoms with E-state index in [1.807, 2.05) is 6.92 Å². The number of carbonyl (C=O) groups excluding carboxylic acids is 1. The average Bonchev–Trinajstić information content (AvgIpc) is 3.04. The van der Waals surface area contributed by atoms with Crippen LogP contribution in [0.3, 0.4) is 0 Å². The van der Waals surface area contributed by atoms with Crippen LogP contribution in [0.4, 0.5) is 4.39 Å². The van der Waals surface area contributed by atoms with Crippen LogP contribution in [0.25, 0.3) is 0 Å². The monoisotopic (exact) mass is 405 g/mol. The van der Waals surface area contributed by atoms with Gasteiger partial charge in [0.1, 0.15) is 11.6 Å². The average molecular weight is 405 g/mol. The van der Waals surface area contributed by atoms with Crippen molar-refractivity contribution in [1.82, 2.24) is 4.90 Å². The molecule has 3 rings (SSSR count). The number of sulfone groups is 1. The first kappa shape index (κ1) is 20.3. The van der Waals surface area contributed by atoms with Crippen molar-refractivity contribution in [3.63, 3.8) is 0 Å². The molecule has 1 aliphatic heterocycles. The Bertz CT molecular complexity index is 928. The Hall–Kier alpha value is -2.41. The van der Waals surface area contributed by atoms with Crippen LogP contribution in [0.2, 0.25) is 0 Å². The van der Waals surface area contributed by atoms with Crippen molar-refractivity contribution >= 4 is 15.7 Å². The molecule has 0 aromatic heterocycles. The van der Waals surface area contributed by atoms with Gasteiger partial charge >= 0.3 is 0 Å². The van der Waals surface area contributed by atoms with E-state index in [1.165, 1.54) is 12.1 Å². The van der Waals surface area contributed by atoms with Crippen LogP contribution in [-0.4, -0.2) is 43.4 Å². The number of halogens is 1. The molecular formula is C21H24FNO4S. The fourth-order valence-electron chi connectivity index (χ4n) is 3.30. The van der Waals surface area contributed by atoms with Crippen LogP contribution in [0.1, 0.15) is 35.7 Å². The largest absolute Gasteiger partial charge is 0.494 e. The van der Waals surface area contributed by atoms with E-state index in [9.17, 15) is 17.6 Å². The minimum atomic E-state index is -3.16. The summed E-state index contributed by atoms with van der Waals surface area (Å²) in [5.74, 6) is 0.0217. The Labute approximate surface area is 165 Å². The molecule has 2 aromatic carbocycles. The predicted molar refractivity (Wildman–Crippen MR) is 106 cm³/mol. The number of rotatable bonds is 7. The molecule has 1 saturated heterocycles. The number of ether oxygens (including phenoxy) is 1. The zero-order valence-corrected chi connectivity index (χ0v) is 16.6. The van der Waals surface area contributed by atoms with Crippen LogP contribution in [-0.2, 0) is 16.4 Å². The highest BCUT2D eigenvalue weighted by Gasteiger charge is 2.35. The Morgan fingerprint density at radius 3 is 2.57 bits per heavy atom. The highest BCUT2D eigenvalue weighted by atomic mass is 32.2. The highest BCUT2D eigenvalue weighted by molar-refractivity contribution is 7.91. The summed E-state index contributed by atoms with van der Waals surface area (Å²) in [6.07, 6.45) is 1.28. The van der Waals surface area contributed by atoms with Gasteiger partial charge in [0.2, 0.25) is 0 Å². The van der Waals surface area contributed by atoms with E-state index in [0.29, 0.717) is 29.9 Å². The summed E-state index contributed by atoms with van der Waals surface area (Å²) in [7, 11) is -3.16. The predicted octanol–water partition coefficient (Wildman–Crippen LogP) is 3.44. The lowest BCUT2D eigenvalue weighted by atomic mass is 10.1. The number of amides is 1. The van der Waals surface area contributed by atoms with Crippen molar-refractivity contribution in [2.45, 2.75) is 32.4 Å². The molecular weight excluding hydrogens is 381 g/mol. The molecule has 1 aliphatic rings. The van der Waals surface area contributed by atoms with Gasteiger partial charge in [0.15, 0.2) is 9.84 Å². The van der Waals surface area contributed by atoms with Crippen LogP contribution in [0, 0.1) is 5.82 Å². The van der Waals surface area contributed by atoms with Gasteiger partial charge in [-0.3, -0.25) is 4.79 Å². The number of carbonyl (C=O) groups is 1. The third kappa shape index (κ3) is 5.10. The maximum atomic E-state index is 13.6. The number of nitrogens with zero attached hydrogens (tertiary/aromatic N) is 1. The van der Waals surface area contributed by atoms with E-state index in [4.69, 9.17) is 4.74 Å². The van der Waals surface area contributed by atoms with E-state index < -0.39 is 15.9 Å². The first-order valence-corrected chi connectivity index (χ1v) is 11.2. The fourth-order valence-corrected chi connectivity index (χ4v) is 5.03. The second-order valence-electron chi connectivity index (χ2n) is 6.99. The van der Waals surface area contributed by atoms with E-state index in [-0.39, 0.29) is 29.8 Å². The van der Waals surface area contributed by atoms with Crippen LogP contribution in [0.5, 0.6) is 5.75 Å². The van der Waals surface area contributed by atoms with Gasteiger partial charge in [0.05, 0.1) is 18.1 Å². The quantitative estimate of drug-likeness (QED) is 0.708. The third-order valence-corrected chi connectivity index (χ3v) is 6.48. The van der Waals surface area contributed by atoms with Gasteiger partial charge in [0.25, 0.3) is 5.91 Å². The van der Waals surface area contributed by atoms with E-state index in [0.717, 1.165) is 6.42 Å². The van der Waals surface area contributed by atoms with Gasteiger partial charge in [-0.15, -0.1) is 0 Å².